The van der Waals surface area contributed by atoms with Gasteiger partial charge >= 0.3 is 0 Å². The van der Waals surface area contributed by atoms with Gasteiger partial charge < -0.3 is 25.2 Å². The van der Waals surface area contributed by atoms with Crippen molar-refractivity contribution in [2.75, 3.05) is 75.2 Å². The average molecular weight is 625 g/mol. The molecule has 2 aliphatic heterocycles. The number of nitrogens with zero attached hydrogens (tertiary/aromatic N) is 6. The van der Waals surface area contributed by atoms with Crippen molar-refractivity contribution >= 4 is 61.4 Å². The van der Waals surface area contributed by atoms with Crippen molar-refractivity contribution in [2.45, 2.75) is 18.9 Å². The van der Waals surface area contributed by atoms with Crippen LogP contribution in [-0.4, -0.2) is 97.9 Å². The zero-order valence-electron chi connectivity index (χ0n) is 24.6. The second kappa shape index (κ2) is 12.2. The predicted molar refractivity (Wildman–Crippen MR) is 173 cm³/mol. The van der Waals surface area contributed by atoms with Crippen LogP contribution in [0.25, 0.3) is 10.9 Å². The van der Waals surface area contributed by atoms with Gasteiger partial charge in [0.25, 0.3) is 0 Å². The van der Waals surface area contributed by atoms with Gasteiger partial charge in [0, 0.05) is 68.6 Å². The number of piperazine rings is 1. The number of piperidine rings is 1. The van der Waals surface area contributed by atoms with Gasteiger partial charge in [0.05, 0.1) is 36.5 Å². The first kappa shape index (κ1) is 29.5. The number of benzene rings is 2. The van der Waals surface area contributed by atoms with E-state index in [9.17, 15) is 8.42 Å². The normalized spacial score (nSPS) is 17.3. The summed E-state index contributed by atoms with van der Waals surface area (Å²) in [5.74, 6) is 1.34. The van der Waals surface area contributed by atoms with E-state index < -0.39 is 10.0 Å². The predicted octanol–water partition coefficient (Wildman–Crippen LogP) is 4.60. The van der Waals surface area contributed by atoms with E-state index in [1.807, 2.05) is 24.3 Å². The number of hydrogen-bond acceptors (Lipinski definition) is 10. The lowest BCUT2D eigenvalue weighted by molar-refractivity contribution is 0.0982. The maximum Gasteiger partial charge on any atom is 0.236 e. The van der Waals surface area contributed by atoms with Gasteiger partial charge in [-0.25, -0.2) is 17.4 Å². The van der Waals surface area contributed by atoms with E-state index in [-0.39, 0.29) is 0 Å². The summed E-state index contributed by atoms with van der Waals surface area (Å²) in [6.07, 6.45) is 6.51. The molecule has 0 spiro atoms. The van der Waals surface area contributed by atoms with E-state index in [2.05, 4.69) is 48.4 Å². The molecule has 0 aliphatic carbocycles. The first-order valence-corrected chi connectivity index (χ1v) is 16.6. The fourth-order valence-corrected chi connectivity index (χ4v) is 6.92. The topological polar surface area (TPSA) is 108 Å². The van der Waals surface area contributed by atoms with E-state index in [4.69, 9.17) is 16.3 Å². The van der Waals surface area contributed by atoms with E-state index in [1.54, 1.807) is 19.2 Å². The van der Waals surface area contributed by atoms with Gasteiger partial charge in [-0.1, -0.05) is 23.7 Å². The third-order valence-corrected chi connectivity index (χ3v) is 9.64. The highest BCUT2D eigenvalue weighted by molar-refractivity contribution is 7.89. The molecule has 4 heterocycles. The molecule has 0 saturated carbocycles. The Kier molecular flexibility index (Phi) is 8.36. The first-order chi connectivity index (χ1) is 20.7. The van der Waals surface area contributed by atoms with Crippen LogP contribution < -0.4 is 20.3 Å². The first-order valence-electron chi connectivity index (χ1n) is 14.4. The Morgan fingerprint density at radius 2 is 1.74 bits per heavy atom. The summed E-state index contributed by atoms with van der Waals surface area (Å²) in [6, 6.07) is 14.0. The van der Waals surface area contributed by atoms with Crippen LogP contribution in [0.15, 0.2) is 54.9 Å². The van der Waals surface area contributed by atoms with E-state index >= 15 is 0 Å². The quantitative estimate of drug-likeness (QED) is 0.289. The number of aromatic nitrogens is 3. The number of rotatable bonds is 8. The van der Waals surface area contributed by atoms with E-state index in [0.717, 1.165) is 75.1 Å². The summed E-state index contributed by atoms with van der Waals surface area (Å²) < 4.78 is 31.7. The van der Waals surface area contributed by atoms with Crippen LogP contribution in [-0.2, 0) is 10.0 Å². The molecule has 228 valence electrons. The third-order valence-electron chi connectivity index (χ3n) is 8.35. The highest BCUT2D eigenvalue weighted by atomic mass is 35.5. The maximum atomic E-state index is 12.4. The van der Waals surface area contributed by atoms with Gasteiger partial charge in [-0.15, -0.1) is 0 Å². The number of halogens is 1. The lowest BCUT2D eigenvalue weighted by Crippen LogP contribution is -2.52. The Morgan fingerprint density at radius 3 is 2.47 bits per heavy atom. The number of para-hydroxylation sites is 1. The van der Waals surface area contributed by atoms with Crippen molar-refractivity contribution in [3.63, 3.8) is 0 Å². The number of nitrogens with one attached hydrogen (secondary N) is 2. The van der Waals surface area contributed by atoms with Crippen LogP contribution in [0.2, 0.25) is 5.02 Å². The molecule has 0 unspecified atom stereocenters. The highest BCUT2D eigenvalue weighted by Crippen LogP contribution is 2.35. The van der Waals surface area contributed by atoms with E-state index in [1.165, 1.54) is 16.4 Å². The Morgan fingerprint density at radius 1 is 0.977 bits per heavy atom. The largest absolute Gasteiger partial charge is 0.494 e. The summed E-state index contributed by atoms with van der Waals surface area (Å²) in [6.45, 7) is 6.63. The molecule has 2 aromatic carbocycles. The molecule has 0 amide bonds. The van der Waals surface area contributed by atoms with Gasteiger partial charge in [-0.3, -0.25) is 4.90 Å². The van der Waals surface area contributed by atoms with Crippen LogP contribution in [0.4, 0.5) is 28.8 Å². The number of likely N-dealkylation sites (N-methyl/N-ethyl adjacent to an activating group) is 1. The van der Waals surface area contributed by atoms with Crippen molar-refractivity contribution < 1.29 is 13.2 Å². The lowest BCUT2D eigenvalue weighted by Gasteiger charge is -2.42. The molecule has 4 aromatic rings. The Balaban J connectivity index is 1.17. The molecular formula is C30H37ClN8O3S. The molecule has 2 aliphatic rings. The molecule has 2 aromatic heterocycles. The molecule has 6 rings (SSSR count). The van der Waals surface area contributed by atoms with Crippen LogP contribution in [0.3, 0.4) is 0 Å². The van der Waals surface area contributed by atoms with Crippen molar-refractivity contribution in [2.24, 2.45) is 0 Å². The molecular weight excluding hydrogens is 588 g/mol. The average Bonchev–Trinajstić information content (AvgIpc) is 3.46. The van der Waals surface area contributed by atoms with E-state index in [0.29, 0.717) is 39.8 Å². The van der Waals surface area contributed by atoms with Gasteiger partial charge in [0.15, 0.2) is 5.82 Å². The molecule has 13 heteroatoms. The summed E-state index contributed by atoms with van der Waals surface area (Å²) in [7, 11) is 0.337. The minimum atomic E-state index is -3.51. The Labute approximate surface area is 257 Å². The van der Waals surface area contributed by atoms with Gasteiger partial charge in [-0.05, 0) is 44.2 Å². The van der Waals surface area contributed by atoms with Crippen molar-refractivity contribution in [3.8, 4) is 5.75 Å². The molecule has 0 radical (unpaired) electrons. The van der Waals surface area contributed by atoms with Gasteiger partial charge in [0.1, 0.15) is 10.8 Å². The minimum Gasteiger partial charge on any atom is -0.494 e. The summed E-state index contributed by atoms with van der Waals surface area (Å²) in [4.78, 5) is 16.4. The zero-order chi connectivity index (χ0) is 30.1. The number of methoxy groups -OCH3 is 1. The minimum absolute atomic E-state index is 0.294. The standard InChI is InChI=1S/C30H37ClN8O3S/c1-36-15-17-38(18-16-36)22-10-12-37(13-11-22)23-7-8-25(27(19-23)42-2)34-30-32-20-24(31)29(35-30)33-26-6-4-5-21-9-14-39(28(21)26)43(3,40)41/h4-9,14,19-20,22H,10-13,15-18H2,1-3H3,(H2,32,33,34,35). The Bertz CT molecular complexity index is 1710. The molecule has 0 atom stereocenters. The molecule has 43 heavy (non-hydrogen) atoms. The summed E-state index contributed by atoms with van der Waals surface area (Å²) in [5.41, 5.74) is 2.91. The van der Waals surface area contributed by atoms with Gasteiger partial charge in [-0.2, -0.15) is 4.98 Å². The SMILES string of the molecule is COc1cc(N2CCC(N3CCN(C)CC3)CC2)ccc1Nc1ncc(Cl)c(Nc2cccc3ccn(S(C)(=O)=O)c23)n1. The zero-order valence-corrected chi connectivity index (χ0v) is 26.2. The van der Waals surface area contributed by atoms with Crippen LogP contribution in [0, 0.1) is 0 Å². The second-order valence-electron chi connectivity index (χ2n) is 11.2. The molecule has 0 bridgehead atoms. The molecule has 2 saturated heterocycles. The van der Waals surface area contributed by atoms with Crippen molar-refractivity contribution in [1.82, 2.24) is 23.7 Å². The number of anilines is 5. The van der Waals surface area contributed by atoms with Crippen LogP contribution >= 0.6 is 11.6 Å². The summed E-state index contributed by atoms with van der Waals surface area (Å²) in [5, 5.41) is 7.51. The monoisotopic (exact) mass is 624 g/mol. The Hall–Kier alpha value is -3.58. The smallest absolute Gasteiger partial charge is 0.236 e. The van der Waals surface area contributed by atoms with Crippen LogP contribution in [0.5, 0.6) is 5.75 Å². The maximum absolute atomic E-state index is 12.4. The number of ether oxygens (including phenoxy) is 1. The van der Waals surface area contributed by atoms with Crippen LogP contribution in [0.1, 0.15) is 12.8 Å². The fraction of sp³-hybridized carbons (Fsp3) is 0.400. The number of fused-ring (bicyclic) bond motifs is 1. The molecule has 11 nitrogen and oxygen atoms in total. The number of hydrogen-bond donors (Lipinski definition) is 2. The molecule has 2 N–H and O–H groups in total. The summed E-state index contributed by atoms with van der Waals surface area (Å²) >= 11 is 6.46. The van der Waals surface area contributed by atoms with Gasteiger partial charge in [0.2, 0.25) is 16.0 Å². The van der Waals surface area contributed by atoms with Crippen molar-refractivity contribution in [3.05, 3.63) is 59.9 Å². The third kappa shape index (κ3) is 6.37. The highest BCUT2D eigenvalue weighted by Gasteiger charge is 2.27. The van der Waals surface area contributed by atoms with Crippen molar-refractivity contribution in [1.29, 1.82) is 0 Å². The lowest BCUT2D eigenvalue weighted by atomic mass is 10.0. The second-order valence-corrected chi connectivity index (χ2v) is 13.5. The molecule has 2 fully saturated rings. The fourth-order valence-electron chi connectivity index (χ4n) is 5.96.